The van der Waals surface area contributed by atoms with Crippen LogP contribution in [0.1, 0.15) is 5.56 Å². The van der Waals surface area contributed by atoms with E-state index in [0.29, 0.717) is 6.61 Å². The number of aryl methyl sites for hydroxylation is 1. The Morgan fingerprint density at radius 2 is 1.86 bits per heavy atom. The zero-order valence-corrected chi connectivity index (χ0v) is 13.6. The van der Waals surface area contributed by atoms with E-state index < -0.39 is 10.0 Å². The van der Waals surface area contributed by atoms with Crippen molar-refractivity contribution in [1.29, 1.82) is 0 Å². The lowest BCUT2D eigenvalue weighted by Crippen LogP contribution is -2.31. The Morgan fingerprint density at radius 3 is 2.45 bits per heavy atom. The van der Waals surface area contributed by atoms with Gasteiger partial charge >= 0.3 is 0 Å². The highest BCUT2D eigenvalue weighted by atomic mass is 32.2. The van der Waals surface area contributed by atoms with E-state index in [1.165, 1.54) is 10.4 Å². The molecule has 0 aromatic heterocycles. The minimum Gasteiger partial charge on any atom is -0.372 e. The van der Waals surface area contributed by atoms with Crippen molar-refractivity contribution in [3.05, 3.63) is 42.5 Å². The summed E-state index contributed by atoms with van der Waals surface area (Å²) in [4.78, 5) is 0.243. The maximum atomic E-state index is 12.6. The minimum atomic E-state index is -3.59. The highest BCUT2D eigenvalue weighted by molar-refractivity contribution is 7.89. The molecule has 4 nitrogen and oxygen atoms in total. The fourth-order valence-electron chi connectivity index (χ4n) is 1.58. The van der Waals surface area contributed by atoms with Crippen molar-refractivity contribution >= 4 is 10.0 Å². The van der Waals surface area contributed by atoms with E-state index in [0.717, 1.165) is 5.56 Å². The van der Waals surface area contributed by atoms with Crippen molar-refractivity contribution in [2.24, 2.45) is 0 Å². The fraction of sp³-hybridized carbons (Fsp3) is 0.294. The highest BCUT2D eigenvalue weighted by Crippen LogP contribution is 2.15. The van der Waals surface area contributed by atoms with Crippen LogP contribution in [-0.4, -0.2) is 39.5 Å². The van der Waals surface area contributed by atoms with Crippen LogP contribution in [0, 0.1) is 30.6 Å². The average molecular weight is 317 g/mol. The first-order chi connectivity index (χ1) is 10.5. The molecule has 0 saturated heterocycles. The molecule has 22 heavy (non-hydrogen) atoms. The average Bonchev–Trinajstić information content (AvgIpc) is 2.50. The SMILES string of the molecule is C=CCN(CC#CC#CCOC)S(=O)(=O)c1ccc(C)cc1. The molecule has 0 radical (unpaired) electrons. The van der Waals surface area contributed by atoms with Crippen LogP contribution in [0.25, 0.3) is 0 Å². The van der Waals surface area contributed by atoms with Gasteiger partial charge in [-0.2, -0.15) is 4.31 Å². The van der Waals surface area contributed by atoms with Crippen LogP contribution in [-0.2, 0) is 14.8 Å². The van der Waals surface area contributed by atoms with Gasteiger partial charge in [0.15, 0.2) is 0 Å². The van der Waals surface area contributed by atoms with Crippen molar-refractivity contribution in [3.8, 4) is 23.7 Å². The molecule has 0 aliphatic rings. The summed E-state index contributed by atoms with van der Waals surface area (Å²) in [6.45, 7) is 6.05. The molecule has 0 spiro atoms. The Labute approximate surface area is 132 Å². The molecule has 0 heterocycles. The largest absolute Gasteiger partial charge is 0.372 e. The summed E-state index contributed by atoms with van der Waals surface area (Å²) in [5.41, 5.74) is 1.00. The van der Waals surface area contributed by atoms with Crippen LogP contribution in [0.15, 0.2) is 41.8 Å². The first-order valence-electron chi connectivity index (χ1n) is 6.64. The van der Waals surface area contributed by atoms with Crippen molar-refractivity contribution in [2.75, 3.05) is 26.8 Å². The zero-order valence-electron chi connectivity index (χ0n) is 12.8. The molecule has 0 aliphatic heterocycles. The molecule has 1 rings (SSSR count). The summed E-state index contributed by atoms with van der Waals surface area (Å²) in [6, 6.07) is 6.71. The molecule has 5 heteroatoms. The van der Waals surface area contributed by atoms with Gasteiger partial charge in [0.25, 0.3) is 0 Å². The Bertz CT molecular complexity index is 713. The van der Waals surface area contributed by atoms with Crippen LogP contribution in [0.5, 0.6) is 0 Å². The topological polar surface area (TPSA) is 46.6 Å². The van der Waals surface area contributed by atoms with Crippen molar-refractivity contribution in [1.82, 2.24) is 4.31 Å². The predicted octanol–water partition coefficient (Wildman–Crippen LogP) is 1.82. The van der Waals surface area contributed by atoms with Gasteiger partial charge in [0.2, 0.25) is 10.0 Å². The molecule has 0 aliphatic carbocycles. The first kappa shape index (κ1) is 18.0. The van der Waals surface area contributed by atoms with Crippen molar-refractivity contribution < 1.29 is 13.2 Å². The summed E-state index contributed by atoms with van der Waals surface area (Å²) >= 11 is 0. The second-order valence-electron chi connectivity index (χ2n) is 4.44. The number of sulfonamides is 1. The quantitative estimate of drug-likeness (QED) is 0.594. The van der Waals surface area contributed by atoms with Crippen LogP contribution < -0.4 is 0 Å². The molecular formula is C17H19NO3S. The second kappa shape index (κ2) is 9.07. The van der Waals surface area contributed by atoms with Crippen molar-refractivity contribution in [3.63, 3.8) is 0 Å². The van der Waals surface area contributed by atoms with Crippen LogP contribution >= 0.6 is 0 Å². The third-order valence-corrected chi connectivity index (χ3v) is 4.53. The maximum Gasteiger partial charge on any atom is 0.244 e. The van der Waals surface area contributed by atoms with E-state index in [4.69, 9.17) is 4.74 Å². The van der Waals surface area contributed by atoms with Crippen molar-refractivity contribution in [2.45, 2.75) is 11.8 Å². The summed E-state index contributed by atoms with van der Waals surface area (Å²) in [7, 11) is -2.05. The lowest BCUT2D eigenvalue weighted by Gasteiger charge is -2.18. The summed E-state index contributed by atoms with van der Waals surface area (Å²) in [6.07, 6.45) is 1.53. The molecule has 0 fully saturated rings. The molecule has 0 saturated carbocycles. The number of rotatable bonds is 6. The minimum absolute atomic E-state index is 0.0594. The monoisotopic (exact) mass is 317 g/mol. The third kappa shape index (κ3) is 5.38. The Balaban J connectivity index is 2.92. The fourth-order valence-corrected chi connectivity index (χ4v) is 2.89. The van der Waals surface area contributed by atoms with E-state index in [2.05, 4.69) is 30.3 Å². The van der Waals surface area contributed by atoms with E-state index in [-0.39, 0.29) is 18.0 Å². The number of benzene rings is 1. The van der Waals surface area contributed by atoms with Gasteiger partial charge in [-0.05, 0) is 30.9 Å². The van der Waals surface area contributed by atoms with Crippen LogP contribution in [0.4, 0.5) is 0 Å². The lowest BCUT2D eigenvalue weighted by molar-refractivity contribution is 0.240. The molecule has 0 N–H and O–H groups in total. The normalized spacial score (nSPS) is 10.3. The van der Waals surface area contributed by atoms with Gasteiger partial charge in [-0.3, -0.25) is 0 Å². The van der Waals surface area contributed by atoms with E-state index in [9.17, 15) is 8.42 Å². The zero-order chi connectivity index (χ0) is 16.4. The first-order valence-corrected chi connectivity index (χ1v) is 8.08. The van der Waals surface area contributed by atoms with E-state index in [1.807, 2.05) is 6.92 Å². The highest BCUT2D eigenvalue weighted by Gasteiger charge is 2.22. The molecule has 0 unspecified atom stereocenters. The third-order valence-electron chi connectivity index (χ3n) is 2.70. The molecule has 1 aromatic rings. The van der Waals surface area contributed by atoms with Crippen LogP contribution in [0.3, 0.4) is 0 Å². The standard InChI is InChI=1S/C17H19NO3S/c1-4-13-18(14-7-5-6-8-15-21-3)22(19,20)17-11-9-16(2)10-12-17/h4,9-12H,1,13-15H2,2-3H3. The number of nitrogens with zero attached hydrogens (tertiary/aromatic N) is 1. The van der Waals surface area contributed by atoms with Gasteiger partial charge in [-0.1, -0.05) is 35.6 Å². The summed E-state index contributed by atoms with van der Waals surface area (Å²) in [5.74, 6) is 10.6. The lowest BCUT2D eigenvalue weighted by atomic mass is 10.2. The van der Waals surface area contributed by atoms with E-state index >= 15 is 0 Å². The van der Waals surface area contributed by atoms with Gasteiger partial charge in [0.05, 0.1) is 11.4 Å². The summed E-state index contributed by atoms with van der Waals surface area (Å²) < 4.78 is 31.1. The number of hydrogen-bond donors (Lipinski definition) is 0. The van der Waals surface area contributed by atoms with Gasteiger partial charge < -0.3 is 4.74 Å². The van der Waals surface area contributed by atoms with Gasteiger partial charge in [0, 0.05) is 13.7 Å². The van der Waals surface area contributed by atoms with Gasteiger partial charge in [0.1, 0.15) is 6.61 Å². The predicted molar refractivity (Wildman–Crippen MR) is 87.6 cm³/mol. The Hall–Kier alpha value is -2.05. The molecular weight excluding hydrogens is 298 g/mol. The number of ether oxygens (including phenoxy) is 1. The van der Waals surface area contributed by atoms with E-state index in [1.54, 1.807) is 31.4 Å². The number of hydrogen-bond acceptors (Lipinski definition) is 3. The molecule has 0 amide bonds. The molecule has 1 aromatic carbocycles. The smallest absolute Gasteiger partial charge is 0.244 e. The second-order valence-corrected chi connectivity index (χ2v) is 6.37. The molecule has 0 bridgehead atoms. The number of methoxy groups -OCH3 is 1. The van der Waals surface area contributed by atoms with Gasteiger partial charge in [-0.15, -0.1) is 6.58 Å². The Morgan fingerprint density at radius 1 is 1.23 bits per heavy atom. The maximum absolute atomic E-state index is 12.6. The Kier molecular flexibility index (Phi) is 7.42. The van der Waals surface area contributed by atoms with Crippen LogP contribution in [0.2, 0.25) is 0 Å². The molecule has 0 atom stereocenters. The summed E-state index contributed by atoms with van der Waals surface area (Å²) in [5, 5.41) is 0. The molecule has 116 valence electrons. The van der Waals surface area contributed by atoms with Gasteiger partial charge in [-0.25, -0.2) is 8.42 Å².